The predicted octanol–water partition coefficient (Wildman–Crippen LogP) is 2.73. The number of allylic oxidation sites excluding steroid dienone is 4. The fraction of sp³-hybridized carbons (Fsp3) is 0.222. The minimum absolute atomic E-state index is 0.0365. The lowest BCUT2D eigenvalue weighted by Crippen LogP contribution is -2.26. The Hall–Kier alpha value is -2.80. The first-order valence-electron chi connectivity index (χ1n) is 7.96. The highest BCUT2D eigenvalue weighted by atomic mass is 32.1. The Bertz CT molecular complexity index is 929. The summed E-state index contributed by atoms with van der Waals surface area (Å²) in [6.07, 6.45) is 5.80. The van der Waals surface area contributed by atoms with Crippen LogP contribution in [-0.4, -0.2) is 40.6 Å². The quantitative estimate of drug-likeness (QED) is 0.792. The molecule has 6 nitrogen and oxygen atoms in total. The van der Waals surface area contributed by atoms with Gasteiger partial charge in [-0.3, -0.25) is 14.4 Å². The molecule has 126 valence electrons. The summed E-state index contributed by atoms with van der Waals surface area (Å²) in [5, 5.41) is 3.89. The molecule has 2 aromatic rings. The Kier molecular flexibility index (Phi) is 3.93. The van der Waals surface area contributed by atoms with Crippen LogP contribution in [0.2, 0.25) is 0 Å². The van der Waals surface area contributed by atoms with E-state index >= 15 is 0 Å². The molecule has 2 aliphatic rings. The van der Waals surface area contributed by atoms with E-state index in [1.165, 1.54) is 29.6 Å². The van der Waals surface area contributed by atoms with Crippen LogP contribution < -0.4 is 0 Å². The zero-order valence-electron chi connectivity index (χ0n) is 13.2. The third-order valence-corrected chi connectivity index (χ3v) is 5.28. The topological polar surface area (TPSA) is 80.5 Å². The summed E-state index contributed by atoms with van der Waals surface area (Å²) in [7, 11) is 0. The summed E-state index contributed by atoms with van der Waals surface area (Å²) in [5.41, 5.74) is 0.533. The first-order chi connectivity index (χ1) is 12.1. The van der Waals surface area contributed by atoms with E-state index in [9.17, 15) is 14.4 Å². The summed E-state index contributed by atoms with van der Waals surface area (Å²) < 4.78 is 5.31. The van der Waals surface area contributed by atoms with Crippen molar-refractivity contribution >= 4 is 34.4 Å². The van der Waals surface area contributed by atoms with E-state index in [0.29, 0.717) is 16.3 Å². The van der Waals surface area contributed by atoms with E-state index in [1.54, 1.807) is 18.2 Å². The van der Waals surface area contributed by atoms with Crippen molar-refractivity contribution in [2.24, 2.45) is 0 Å². The smallest absolute Gasteiger partial charge is 0.263 e. The monoisotopic (exact) mass is 354 g/mol. The van der Waals surface area contributed by atoms with Crippen LogP contribution in [0.5, 0.6) is 0 Å². The van der Waals surface area contributed by atoms with Crippen LogP contribution in [0.4, 0.5) is 0 Å². The lowest BCUT2D eigenvalue weighted by Gasteiger charge is -2.13. The Morgan fingerprint density at radius 3 is 2.76 bits per heavy atom. The van der Waals surface area contributed by atoms with Gasteiger partial charge in [0.1, 0.15) is 5.69 Å². The number of ketones is 2. The fourth-order valence-electron chi connectivity index (χ4n) is 2.89. The number of amides is 1. The number of likely N-dealkylation sites (tertiary alicyclic amines) is 1. The molecule has 7 heteroatoms. The Morgan fingerprint density at radius 1 is 1.16 bits per heavy atom. The molecule has 1 aliphatic heterocycles. The minimum atomic E-state index is -0.282. The number of nitrogens with zero attached hydrogens (tertiary/aromatic N) is 2. The molecule has 1 saturated heterocycles. The van der Waals surface area contributed by atoms with Gasteiger partial charge in [0.25, 0.3) is 5.91 Å². The van der Waals surface area contributed by atoms with Crippen molar-refractivity contribution in [2.45, 2.75) is 12.8 Å². The van der Waals surface area contributed by atoms with Crippen molar-refractivity contribution in [1.82, 2.24) is 10.1 Å². The first kappa shape index (κ1) is 15.7. The summed E-state index contributed by atoms with van der Waals surface area (Å²) in [4.78, 5) is 39.0. The summed E-state index contributed by atoms with van der Waals surface area (Å²) in [5.74, 6) is -0.0325. The molecule has 0 N–H and O–H groups in total. The van der Waals surface area contributed by atoms with Crippen molar-refractivity contribution in [1.29, 1.82) is 0 Å². The zero-order chi connectivity index (χ0) is 17.4. The molecule has 25 heavy (non-hydrogen) atoms. The second-order valence-corrected chi connectivity index (χ2v) is 6.98. The second-order valence-electron chi connectivity index (χ2n) is 5.90. The van der Waals surface area contributed by atoms with Gasteiger partial charge in [0, 0.05) is 19.2 Å². The first-order valence-corrected chi connectivity index (χ1v) is 8.78. The van der Waals surface area contributed by atoms with E-state index in [-0.39, 0.29) is 23.0 Å². The highest BCUT2D eigenvalue weighted by Crippen LogP contribution is 2.31. The molecule has 1 fully saturated rings. The maximum Gasteiger partial charge on any atom is 0.263 e. The molecular formula is C18H14N2O4S. The highest BCUT2D eigenvalue weighted by Gasteiger charge is 2.23. The molecule has 2 aromatic heterocycles. The average Bonchev–Trinajstić information content (AvgIpc) is 3.36. The van der Waals surface area contributed by atoms with Crippen molar-refractivity contribution in [2.75, 3.05) is 13.1 Å². The summed E-state index contributed by atoms with van der Waals surface area (Å²) in [6, 6.07) is 5.20. The van der Waals surface area contributed by atoms with Crippen LogP contribution in [0, 0.1) is 0 Å². The van der Waals surface area contributed by atoms with Gasteiger partial charge in [0.2, 0.25) is 0 Å². The van der Waals surface area contributed by atoms with Crippen LogP contribution >= 0.6 is 11.3 Å². The molecule has 0 aromatic carbocycles. The number of carbonyl (C=O) groups is 3. The average molecular weight is 354 g/mol. The highest BCUT2D eigenvalue weighted by molar-refractivity contribution is 7.17. The lowest BCUT2D eigenvalue weighted by atomic mass is 10.0. The van der Waals surface area contributed by atoms with Gasteiger partial charge in [0.15, 0.2) is 17.3 Å². The van der Waals surface area contributed by atoms with Crippen LogP contribution in [0.3, 0.4) is 0 Å². The molecule has 0 saturated carbocycles. The molecular weight excluding hydrogens is 340 g/mol. The van der Waals surface area contributed by atoms with Gasteiger partial charge in [-0.1, -0.05) is 5.16 Å². The molecule has 0 unspecified atom stereocenters. The number of hydrogen-bond donors (Lipinski definition) is 0. The van der Waals surface area contributed by atoms with Gasteiger partial charge >= 0.3 is 0 Å². The van der Waals surface area contributed by atoms with E-state index < -0.39 is 0 Å². The third kappa shape index (κ3) is 2.98. The van der Waals surface area contributed by atoms with Crippen molar-refractivity contribution < 1.29 is 18.9 Å². The van der Waals surface area contributed by atoms with Crippen molar-refractivity contribution in [3.8, 4) is 10.6 Å². The van der Waals surface area contributed by atoms with Gasteiger partial charge in [0.05, 0.1) is 15.3 Å². The summed E-state index contributed by atoms with van der Waals surface area (Å²) in [6.45, 7) is 1.60. The largest absolute Gasteiger partial charge is 0.355 e. The van der Waals surface area contributed by atoms with Crippen LogP contribution in [-0.2, 0) is 9.59 Å². The number of rotatable bonds is 3. The number of hydrogen-bond acceptors (Lipinski definition) is 6. The van der Waals surface area contributed by atoms with Gasteiger partial charge in [-0.05, 0) is 43.2 Å². The minimum Gasteiger partial charge on any atom is -0.355 e. The molecule has 1 aliphatic carbocycles. The van der Waals surface area contributed by atoms with E-state index in [0.717, 1.165) is 30.8 Å². The van der Waals surface area contributed by atoms with E-state index in [4.69, 9.17) is 4.52 Å². The predicted molar refractivity (Wildman–Crippen MR) is 92.1 cm³/mol. The zero-order valence-corrected chi connectivity index (χ0v) is 14.0. The summed E-state index contributed by atoms with van der Waals surface area (Å²) >= 11 is 1.33. The van der Waals surface area contributed by atoms with E-state index in [2.05, 4.69) is 5.16 Å². The number of thiophene rings is 1. The maximum atomic E-state index is 12.4. The van der Waals surface area contributed by atoms with Gasteiger partial charge in [-0.25, -0.2) is 0 Å². The molecule has 0 bridgehead atoms. The number of aromatic nitrogens is 1. The second kappa shape index (κ2) is 6.25. The number of carbonyl (C=O) groups excluding carboxylic acids is 3. The third-order valence-electron chi connectivity index (χ3n) is 4.19. The fourth-order valence-corrected chi connectivity index (χ4v) is 3.81. The maximum absolute atomic E-state index is 12.4. The van der Waals surface area contributed by atoms with Crippen LogP contribution in [0.15, 0.2) is 41.0 Å². The standard InChI is InChI=1S/C18H14N2O4S/c21-11-3-4-14(22)12(9-11)13-10-15(24-19-13)16-5-6-17(25-16)18(23)20-7-1-2-8-20/h3-6,9-10H,1-2,7-8H2. The molecule has 1 amide bonds. The molecule has 0 atom stereocenters. The van der Waals surface area contributed by atoms with Crippen molar-refractivity contribution in [3.05, 3.63) is 47.0 Å². The SMILES string of the molecule is O=C1C=CC(=O)C(c2cc(-c3ccc(C(=O)N4CCCC4)s3)on2)=C1. The normalized spacial score (nSPS) is 17.3. The van der Waals surface area contributed by atoms with Crippen LogP contribution in [0.25, 0.3) is 16.2 Å². The van der Waals surface area contributed by atoms with Gasteiger partial charge < -0.3 is 9.42 Å². The molecule has 0 radical (unpaired) electrons. The van der Waals surface area contributed by atoms with Gasteiger partial charge in [-0.2, -0.15) is 0 Å². The molecule has 3 heterocycles. The van der Waals surface area contributed by atoms with Crippen LogP contribution in [0.1, 0.15) is 28.2 Å². The lowest BCUT2D eigenvalue weighted by molar-refractivity contribution is -0.113. The Morgan fingerprint density at radius 2 is 1.96 bits per heavy atom. The Labute approximate surface area is 147 Å². The molecule has 4 rings (SSSR count). The van der Waals surface area contributed by atoms with Crippen molar-refractivity contribution in [3.63, 3.8) is 0 Å². The molecule has 0 spiro atoms. The van der Waals surface area contributed by atoms with Gasteiger partial charge in [-0.15, -0.1) is 11.3 Å². The Balaban J connectivity index is 1.58. The van der Waals surface area contributed by atoms with E-state index in [1.807, 2.05) is 4.90 Å².